The van der Waals surface area contributed by atoms with Crippen molar-refractivity contribution in [1.29, 1.82) is 0 Å². The molecule has 2 nitrogen and oxygen atoms in total. The van der Waals surface area contributed by atoms with E-state index in [1.165, 1.54) is 68.2 Å². The molecular weight excluding hydrogens is 264 g/mol. The molecule has 116 valence electrons. The van der Waals surface area contributed by atoms with E-state index in [1.807, 2.05) is 11.3 Å². The lowest BCUT2D eigenvalue weighted by Gasteiger charge is -2.14. The van der Waals surface area contributed by atoms with E-state index < -0.39 is 0 Å². The molecule has 0 amide bonds. The number of nitrogens with one attached hydrogen (secondary N) is 1. The predicted octanol–water partition coefficient (Wildman–Crippen LogP) is 5.48. The minimum Gasteiger partial charge on any atom is -0.271 e. The third-order valence-corrected chi connectivity index (χ3v) is 4.83. The van der Waals surface area contributed by atoms with E-state index in [4.69, 9.17) is 5.84 Å². The van der Waals surface area contributed by atoms with Gasteiger partial charge in [-0.05, 0) is 30.4 Å². The van der Waals surface area contributed by atoms with Crippen LogP contribution in [0.2, 0.25) is 0 Å². The zero-order valence-electron chi connectivity index (χ0n) is 13.3. The average Bonchev–Trinajstić information content (AvgIpc) is 2.87. The molecule has 0 radical (unpaired) electrons. The molecule has 0 saturated heterocycles. The van der Waals surface area contributed by atoms with E-state index in [0.29, 0.717) is 6.04 Å². The average molecular weight is 297 g/mol. The van der Waals surface area contributed by atoms with Crippen molar-refractivity contribution >= 4 is 11.3 Å². The van der Waals surface area contributed by atoms with Gasteiger partial charge in [-0.15, -0.1) is 11.3 Å². The van der Waals surface area contributed by atoms with Crippen molar-refractivity contribution in [3.63, 3.8) is 0 Å². The summed E-state index contributed by atoms with van der Waals surface area (Å²) in [5.41, 5.74) is 4.32. The van der Waals surface area contributed by atoms with Crippen LogP contribution in [0.4, 0.5) is 0 Å². The second-order valence-corrected chi connectivity index (χ2v) is 6.94. The quantitative estimate of drug-likeness (QED) is 0.304. The van der Waals surface area contributed by atoms with E-state index in [-0.39, 0.29) is 0 Å². The fraction of sp³-hybridized carbons (Fsp3) is 0.765. The standard InChI is InChI=1S/C17H32N2S/c1-3-4-5-6-7-8-9-10-11-12-17(19-18)16-13-15(2)20-14-16/h13-14,17,19H,3-12,18H2,1-2H3. The number of aryl methyl sites for hydroxylation is 1. The van der Waals surface area contributed by atoms with Crippen molar-refractivity contribution in [2.24, 2.45) is 5.84 Å². The fourth-order valence-corrected chi connectivity index (χ4v) is 3.41. The molecule has 1 unspecified atom stereocenters. The largest absolute Gasteiger partial charge is 0.271 e. The molecule has 3 heteroatoms. The third-order valence-electron chi connectivity index (χ3n) is 3.95. The van der Waals surface area contributed by atoms with Gasteiger partial charge in [-0.3, -0.25) is 11.3 Å². The zero-order chi connectivity index (χ0) is 14.6. The van der Waals surface area contributed by atoms with Crippen LogP contribution < -0.4 is 11.3 Å². The summed E-state index contributed by atoms with van der Waals surface area (Å²) in [7, 11) is 0. The highest BCUT2D eigenvalue weighted by molar-refractivity contribution is 7.10. The van der Waals surface area contributed by atoms with Gasteiger partial charge in [0, 0.05) is 10.9 Å². The molecule has 0 spiro atoms. The topological polar surface area (TPSA) is 38.0 Å². The van der Waals surface area contributed by atoms with Crippen molar-refractivity contribution < 1.29 is 0 Å². The molecular formula is C17H32N2S. The first-order chi connectivity index (χ1) is 9.77. The highest BCUT2D eigenvalue weighted by Gasteiger charge is 2.10. The molecule has 1 atom stereocenters. The molecule has 0 aliphatic carbocycles. The van der Waals surface area contributed by atoms with Crippen molar-refractivity contribution in [2.75, 3.05) is 0 Å². The molecule has 0 fully saturated rings. The van der Waals surface area contributed by atoms with E-state index in [0.717, 1.165) is 6.42 Å². The lowest BCUT2D eigenvalue weighted by atomic mass is 10.0. The summed E-state index contributed by atoms with van der Waals surface area (Å²) in [5, 5.41) is 2.23. The Morgan fingerprint density at radius 1 is 1.05 bits per heavy atom. The third kappa shape index (κ3) is 7.41. The van der Waals surface area contributed by atoms with Crippen LogP contribution in [0.3, 0.4) is 0 Å². The number of hydrazine groups is 1. The van der Waals surface area contributed by atoms with E-state index in [1.54, 1.807) is 0 Å². The van der Waals surface area contributed by atoms with Gasteiger partial charge in [0.25, 0.3) is 0 Å². The van der Waals surface area contributed by atoms with Crippen LogP contribution in [-0.2, 0) is 0 Å². The van der Waals surface area contributed by atoms with Crippen LogP contribution in [-0.4, -0.2) is 0 Å². The number of thiophene rings is 1. The number of hydrogen-bond donors (Lipinski definition) is 2. The highest BCUT2D eigenvalue weighted by Crippen LogP contribution is 2.24. The summed E-state index contributed by atoms with van der Waals surface area (Å²) in [5.74, 6) is 5.68. The molecule has 20 heavy (non-hydrogen) atoms. The van der Waals surface area contributed by atoms with Crippen molar-refractivity contribution in [3.05, 3.63) is 21.9 Å². The first kappa shape index (κ1) is 17.7. The number of unbranched alkanes of at least 4 members (excludes halogenated alkanes) is 8. The monoisotopic (exact) mass is 296 g/mol. The Morgan fingerprint density at radius 3 is 2.15 bits per heavy atom. The summed E-state index contributed by atoms with van der Waals surface area (Å²) in [6, 6.07) is 2.59. The van der Waals surface area contributed by atoms with Crippen LogP contribution in [0.25, 0.3) is 0 Å². The molecule has 1 heterocycles. The molecule has 0 aliphatic heterocycles. The Balaban J connectivity index is 2.02. The molecule has 0 saturated carbocycles. The van der Waals surface area contributed by atoms with E-state index >= 15 is 0 Å². The Bertz CT molecular complexity index is 335. The Kier molecular flexibility index (Phi) is 9.98. The zero-order valence-corrected chi connectivity index (χ0v) is 14.1. The fourth-order valence-electron chi connectivity index (χ4n) is 2.65. The Hall–Kier alpha value is -0.380. The second kappa shape index (κ2) is 11.3. The van der Waals surface area contributed by atoms with Gasteiger partial charge in [0.15, 0.2) is 0 Å². The van der Waals surface area contributed by atoms with E-state index in [2.05, 4.69) is 30.7 Å². The van der Waals surface area contributed by atoms with Gasteiger partial charge in [-0.25, -0.2) is 0 Å². The van der Waals surface area contributed by atoms with Crippen molar-refractivity contribution in [1.82, 2.24) is 5.43 Å². The van der Waals surface area contributed by atoms with Crippen LogP contribution in [0.5, 0.6) is 0 Å². The second-order valence-electron chi connectivity index (χ2n) is 5.83. The van der Waals surface area contributed by atoms with Gasteiger partial charge in [-0.2, -0.15) is 0 Å². The highest BCUT2D eigenvalue weighted by atomic mass is 32.1. The van der Waals surface area contributed by atoms with Crippen molar-refractivity contribution in [2.45, 2.75) is 84.1 Å². The van der Waals surface area contributed by atoms with Crippen LogP contribution in [0.1, 0.15) is 87.6 Å². The maximum absolute atomic E-state index is 5.68. The predicted molar refractivity (Wildman–Crippen MR) is 91.0 cm³/mol. The lowest BCUT2D eigenvalue weighted by molar-refractivity contribution is 0.475. The summed E-state index contributed by atoms with van der Waals surface area (Å²) < 4.78 is 0. The van der Waals surface area contributed by atoms with Crippen LogP contribution in [0.15, 0.2) is 11.4 Å². The number of hydrogen-bond acceptors (Lipinski definition) is 3. The smallest absolute Gasteiger partial charge is 0.0468 e. The first-order valence-corrected chi connectivity index (χ1v) is 9.17. The van der Waals surface area contributed by atoms with Crippen LogP contribution >= 0.6 is 11.3 Å². The minimum absolute atomic E-state index is 0.338. The molecule has 1 aromatic rings. The minimum atomic E-state index is 0.338. The van der Waals surface area contributed by atoms with Gasteiger partial charge in [0.1, 0.15) is 0 Å². The molecule has 0 aliphatic rings. The first-order valence-electron chi connectivity index (χ1n) is 8.29. The van der Waals surface area contributed by atoms with Gasteiger partial charge < -0.3 is 0 Å². The molecule has 0 bridgehead atoms. The summed E-state index contributed by atoms with van der Waals surface area (Å²) in [4.78, 5) is 1.37. The number of rotatable bonds is 12. The van der Waals surface area contributed by atoms with Crippen LogP contribution in [0, 0.1) is 6.92 Å². The Labute approximate surface area is 129 Å². The lowest BCUT2D eigenvalue weighted by Crippen LogP contribution is -2.27. The Morgan fingerprint density at radius 2 is 1.65 bits per heavy atom. The molecule has 1 aromatic heterocycles. The van der Waals surface area contributed by atoms with Gasteiger partial charge in [0.2, 0.25) is 0 Å². The summed E-state index contributed by atoms with van der Waals surface area (Å²) in [6.45, 7) is 4.43. The van der Waals surface area contributed by atoms with Gasteiger partial charge in [-0.1, -0.05) is 64.7 Å². The maximum atomic E-state index is 5.68. The normalized spacial score (nSPS) is 12.8. The molecule has 0 aromatic carbocycles. The SMILES string of the molecule is CCCCCCCCCCCC(NN)c1csc(C)c1. The van der Waals surface area contributed by atoms with Crippen molar-refractivity contribution in [3.8, 4) is 0 Å². The summed E-state index contributed by atoms with van der Waals surface area (Å²) >= 11 is 1.81. The van der Waals surface area contributed by atoms with E-state index in [9.17, 15) is 0 Å². The summed E-state index contributed by atoms with van der Waals surface area (Å²) in [6.07, 6.45) is 13.6. The maximum Gasteiger partial charge on any atom is 0.0468 e. The molecule has 3 N–H and O–H groups in total. The van der Waals surface area contributed by atoms with Gasteiger partial charge >= 0.3 is 0 Å². The molecule has 1 rings (SSSR count). The number of nitrogens with two attached hydrogens (primary N) is 1. The van der Waals surface area contributed by atoms with Gasteiger partial charge in [0.05, 0.1) is 0 Å².